The fourth-order valence-electron chi connectivity index (χ4n) is 1.56. The van der Waals surface area contributed by atoms with Crippen LogP contribution in [0.4, 0.5) is 5.13 Å². The minimum atomic E-state index is -0.345. The first-order chi connectivity index (χ1) is 7.79. The Morgan fingerprint density at radius 2 is 2.69 bits per heavy atom. The zero-order valence-electron chi connectivity index (χ0n) is 9.06. The molecule has 0 amide bonds. The molecular weight excluding hydrogens is 228 g/mol. The van der Waals surface area contributed by atoms with Crippen molar-refractivity contribution in [2.24, 2.45) is 0 Å². The third-order valence-electron chi connectivity index (χ3n) is 2.40. The van der Waals surface area contributed by atoms with E-state index in [4.69, 9.17) is 4.74 Å². The number of hydrogen-bond donors (Lipinski definition) is 1. The normalized spacial score (nSPS) is 19.7. The Hall–Kier alpha value is -1.14. The van der Waals surface area contributed by atoms with Crippen LogP contribution >= 0.6 is 11.3 Å². The fraction of sp³-hybridized carbons (Fsp3) is 0.600. The smallest absolute Gasteiger partial charge is 0.349 e. The summed E-state index contributed by atoms with van der Waals surface area (Å²) >= 11 is 1.30. The minimum absolute atomic E-state index is 0.269. The van der Waals surface area contributed by atoms with Crippen molar-refractivity contribution in [1.29, 1.82) is 0 Å². The summed E-state index contributed by atoms with van der Waals surface area (Å²) < 4.78 is 10.1. The first kappa shape index (κ1) is 11.3. The highest BCUT2D eigenvalue weighted by atomic mass is 32.1. The van der Waals surface area contributed by atoms with E-state index in [9.17, 15) is 4.79 Å². The van der Waals surface area contributed by atoms with Gasteiger partial charge in [0.25, 0.3) is 0 Å². The third-order valence-corrected chi connectivity index (χ3v) is 3.33. The molecule has 0 spiro atoms. The van der Waals surface area contributed by atoms with E-state index in [-0.39, 0.29) is 12.1 Å². The third kappa shape index (κ3) is 2.70. The number of esters is 1. The molecule has 1 aromatic heterocycles. The molecule has 88 valence electrons. The minimum Gasteiger partial charge on any atom is -0.465 e. The number of carbonyl (C=O) groups excluding carboxylic acids is 1. The van der Waals surface area contributed by atoms with Gasteiger partial charge in [-0.15, -0.1) is 0 Å². The van der Waals surface area contributed by atoms with E-state index in [2.05, 4.69) is 15.0 Å². The summed E-state index contributed by atoms with van der Waals surface area (Å²) in [5.41, 5.74) is 0. The van der Waals surface area contributed by atoms with Crippen molar-refractivity contribution in [1.82, 2.24) is 4.98 Å². The summed E-state index contributed by atoms with van der Waals surface area (Å²) in [7, 11) is 1.36. The van der Waals surface area contributed by atoms with Gasteiger partial charge in [-0.3, -0.25) is 0 Å². The lowest BCUT2D eigenvalue weighted by molar-refractivity contribution is 0.0606. The van der Waals surface area contributed by atoms with Crippen molar-refractivity contribution in [2.45, 2.75) is 18.9 Å². The maximum Gasteiger partial charge on any atom is 0.349 e. The highest BCUT2D eigenvalue weighted by Gasteiger charge is 2.16. The van der Waals surface area contributed by atoms with Gasteiger partial charge in [-0.1, -0.05) is 11.3 Å². The van der Waals surface area contributed by atoms with Crippen molar-refractivity contribution in [3.8, 4) is 0 Å². The largest absolute Gasteiger partial charge is 0.465 e. The average Bonchev–Trinajstić information content (AvgIpc) is 2.96. The second kappa shape index (κ2) is 5.27. The topological polar surface area (TPSA) is 60.5 Å². The van der Waals surface area contributed by atoms with Crippen LogP contribution in [0.2, 0.25) is 0 Å². The highest BCUT2D eigenvalue weighted by molar-refractivity contribution is 7.17. The highest BCUT2D eigenvalue weighted by Crippen LogP contribution is 2.20. The Morgan fingerprint density at radius 3 is 3.38 bits per heavy atom. The lowest BCUT2D eigenvalue weighted by Gasteiger charge is -2.08. The number of hydrogen-bond acceptors (Lipinski definition) is 6. The molecule has 2 heterocycles. The van der Waals surface area contributed by atoms with Crippen molar-refractivity contribution >= 4 is 22.4 Å². The predicted octanol–water partition coefficient (Wildman–Crippen LogP) is 1.52. The van der Waals surface area contributed by atoms with Gasteiger partial charge in [-0.2, -0.15) is 0 Å². The number of thiazole rings is 1. The van der Waals surface area contributed by atoms with Crippen LogP contribution in [-0.2, 0) is 9.47 Å². The van der Waals surface area contributed by atoms with E-state index in [1.54, 1.807) is 0 Å². The summed E-state index contributed by atoms with van der Waals surface area (Å²) in [6.45, 7) is 1.59. The number of carbonyl (C=O) groups is 1. The fourth-order valence-corrected chi connectivity index (χ4v) is 2.30. The Labute approximate surface area is 97.8 Å². The molecule has 1 atom stereocenters. The SMILES string of the molecule is COC(=O)c1cnc(NCC2CCCO2)s1. The van der Waals surface area contributed by atoms with Gasteiger partial charge in [0, 0.05) is 13.2 Å². The summed E-state index contributed by atoms with van der Waals surface area (Å²) in [6.07, 6.45) is 4.00. The Kier molecular flexibility index (Phi) is 3.74. The van der Waals surface area contributed by atoms with E-state index in [0.29, 0.717) is 4.88 Å². The molecule has 1 aliphatic rings. The Morgan fingerprint density at radius 1 is 1.81 bits per heavy atom. The molecule has 0 bridgehead atoms. The molecular formula is C10H14N2O3S. The van der Waals surface area contributed by atoms with Gasteiger partial charge in [0.15, 0.2) is 5.13 Å². The van der Waals surface area contributed by atoms with Crippen LogP contribution < -0.4 is 5.32 Å². The quantitative estimate of drug-likeness (QED) is 0.811. The van der Waals surface area contributed by atoms with E-state index in [1.165, 1.54) is 24.6 Å². The van der Waals surface area contributed by atoms with E-state index in [0.717, 1.165) is 31.1 Å². The standard InChI is InChI=1S/C10H14N2O3S/c1-14-9(13)8-6-12-10(16-8)11-5-7-3-2-4-15-7/h6-7H,2-5H2,1H3,(H,11,12). The summed E-state index contributed by atoms with van der Waals surface area (Å²) in [6, 6.07) is 0. The van der Waals surface area contributed by atoms with E-state index < -0.39 is 0 Å². The number of nitrogens with one attached hydrogen (secondary N) is 1. The van der Waals surface area contributed by atoms with Gasteiger partial charge in [0.1, 0.15) is 4.88 Å². The first-order valence-electron chi connectivity index (χ1n) is 5.19. The van der Waals surface area contributed by atoms with Crippen LogP contribution in [0.15, 0.2) is 6.20 Å². The molecule has 6 heteroatoms. The molecule has 1 aliphatic heterocycles. The van der Waals surface area contributed by atoms with Gasteiger partial charge in [0.05, 0.1) is 19.4 Å². The summed E-state index contributed by atoms with van der Waals surface area (Å²) in [5.74, 6) is -0.345. The zero-order chi connectivity index (χ0) is 11.4. The van der Waals surface area contributed by atoms with Crippen LogP contribution in [0.1, 0.15) is 22.5 Å². The van der Waals surface area contributed by atoms with Gasteiger partial charge in [-0.25, -0.2) is 9.78 Å². The number of nitrogens with zero attached hydrogens (tertiary/aromatic N) is 1. The monoisotopic (exact) mass is 242 g/mol. The van der Waals surface area contributed by atoms with Crippen LogP contribution in [-0.4, -0.2) is 37.3 Å². The van der Waals surface area contributed by atoms with E-state index >= 15 is 0 Å². The second-order valence-corrected chi connectivity index (χ2v) is 4.57. The predicted molar refractivity (Wildman–Crippen MR) is 60.9 cm³/mol. The van der Waals surface area contributed by atoms with Crippen LogP contribution in [0.5, 0.6) is 0 Å². The van der Waals surface area contributed by atoms with Crippen molar-refractivity contribution in [3.05, 3.63) is 11.1 Å². The van der Waals surface area contributed by atoms with Gasteiger partial charge >= 0.3 is 5.97 Å². The molecule has 1 saturated heterocycles. The van der Waals surface area contributed by atoms with Crippen LogP contribution in [0.25, 0.3) is 0 Å². The van der Waals surface area contributed by atoms with Gasteiger partial charge in [-0.05, 0) is 12.8 Å². The molecule has 1 aromatic rings. The number of rotatable bonds is 4. The molecule has 1 unspecified atom stereocenters. The first-order valence-corrected chi connectivity index (χ1v) is 6.01. The Bertz CT molecular complexity index is 361. The lowest BCUT2D eigenvalue weighted by Crippen LogP contribution is -2.18. The molecule has 16 heavy (non-hydrogen) atoms. The summed E-state index contributed by atoms with van der Waals surface area (Å²) in [5, 5.41) is 3.89. The molecule has 5 nitrogen and oxygen atoms in total. The van der Waals surface area contributed by atoms with Crippen molar-refractivity contribution < 1.29 is 14.3 Å². The number of aromatic nitrogens is 1. The van der Waals surface area contributed by atoms with Crippen molar-refractivity contribution in [3.63, 3.8) is 0 Å². The van der Waals surface area contributed by atoms with Crippen molar-refractivity contribution in [2.75, 3.05) is 25.6 Å². The lowest BCUT2D eigenvalue weighted by atomic mass is 10.2. The number of ether oxygens (including phenoxy) is 2. The second-order valence-electron chi connectivity index (χ2n) is 3.54. The maximum atomic E-state index is 11.2. The number of methoxy groups -OCH3 is 1. The van der Waals surface area contributed by atoms with Gasteiger partial charge in [0.2, 0.25) is 0 Å². The average molecular weight is 242 g/mol. The molecule has 1 fully saturated rings. The Balaban J connectivity index is 1.85. The molecule has 0 aromatic carbocycles. The van der Waals surface area contributed by atoms with E-state index in [1.807, 2.05) is 0 Å². The van der Waals surface area contributed by atoms with Crippen LogP contribution in [0.3, 0.4) is 0 Å². The van der Waals surface area contributed by atoms with Crippen LogP contribution in [0, 0.1) is 0 Å². The molecule has 0 saturated carbocycles. The molecule has 2 rings (SSSR count). The zero-order valence-corrected chi connectivity index (χ0v) is 9.88. The molecule has 0 aliphatic carbocycles. The number of anilines is 1. The summed E-state index contributed by atoms with van der Waals surface area (Å²) in [4.78, 5) is 15.8. The molecule has 0 radical (unpaired) electrons. The van der Waals surface area contributed by atoms with Gasteiger partial charge < -0.3 is 14.8 Å². The molecule has 1 N–H and O–H groups in total. The maximum absolute atomic E-state index is 11.2.